The molecule has 33 heavy (non-hydrogen) atoms. The van der Waals surface area contributed by atoms with Crippen molar-refractivity contribution in [1.82, 2.24) is 0 Å². The van der Waals surface area contributed by atoms with Gasteiger partial charge >= 0.3 is 5.97 Å². The van der Waals surface area contributed by atoms with Crippen LogP contribution in [0.15, 0.2) is 60.7 Å². The Morgan fingerprint density at radius 2 is 1.67 bits per heavy atom. The van der Waals surface area contributed by atoms with Gasteiger partial charge in [0.25, 0.3) is 17.7 Å². The van der Waals surface area contributed by atoms with E-state index in [1.807, 2.05) is 0 Å². The second-order valence-corrected chi connectivity index (χ2v) is 7.71. The second-order valence-electron chi connectivity index (χ2n) is 7.27. The first kappa shape index (κ1) is 22.2. The van der Waals surface area contributed by atoms with Crippen molar-refractivity contribution in [2.45, 2.75) is 6.92 Å². The van der Waals surface area contributed by atoms with Gasteiger partial charge < -0.3 is 10.1 Å². The van der Waals surface area contributed by atoms with Gasteiger partial charge in [-0.1, -0.05) is 17.7 Å². The lowest BCUT2D eigenvalue weighted by Gasteiger charge is -2.13. The zero-order valence-corrected chi connectivity index (χ0v) is 18.0. The Morgan fingerprint density at radius 3 is 2.36 bits per heavy atom. The number of aryl methyl sites for hydroxylation is 1. The molecule has 0 unspecified atom stereocenters. The minimum Gasteiger partial charge on any atom is -0.452 e. The molecule has 4 rings (SSSR count). The third kappa shape index (κ3) is 4.47. The highest BCUT2D eigenvalue weighted by Crippen LogP contribution is 2.30. The molecule has 1 aliphatic heterocycles. The molecule has 0 fully saturated rings. The number of esters is 1. The van der Waals surface area contributed by atoms with E-state index in [9.17, 15) is 23.6 Å². The third-order valence-electron chi connectivity index (χ3n) is 5.00. The molecule has 7 nitrogen and oxygen atoms in total. The standard InChI is InChI=1S/C24H16ClFN2O5/c1-13-2-6-16(11-20(13)26)27-21(29)12-33-24(32)14-3-9-18-19(10-14)23(31)28(22(18)30)17-7-4-15(25)5-8-17/h2-11H,12H2,1H3,(H,27,29). The van der Waals surface area contributed by atoms with Gasteiger partial charge in [-0.05, 0) is 67.1 Å². The number of nitrogens with one attached hydrogen (secondary N) is 1. The summed E-state index contributed by atoms with van der Waals surface area (Å²) < 4.78 is 18.6. The van der Waals surface area contributed by atoms with Crippen LogP contribution in [0.5, 0.6) is 0 Å². The molecule has 0 aliphatic carbocycles. The van der Waals surface area contributed by atoms with E-state index in [1.54, 1.807) is 19.1 Å². The molecule has 0 aromatic heterocycles. The molecule has 166 valence electrons. The summed E-state index contributed by atoms with van der Waals surface area (Å²) in [6, 6.07) is 14.3. The number of hydrogen-bond acceptors (Lipinski definition) is 5. The van der Waals surface area contributed by atoms with E-state index in [4.69, 9.17) is 16.3 Å². The molecule has 0 saturated heterocycles. The molecule has 0 radical (unpaired) electrons. The minimum atomic E-state index is -0.853. The van der Waals surface area contributed by atoms with Crippen LogP contribution < -0.4 is 10.2 Å². The van der Waals surface area contributed by atoms with Crippen molar-refractivity contribution in [1.29, 1.82) is 0 Å². The fraction of sp³-hybridized carbons (Fsp3) is 0.0833. The van der Waals surface area contributed by atoms with E-state index in [2.05, 4.69) is 5.32 Å². The van der Waals surface area contributed by atoms with Crippen LogP contribution in [0.4, 0.5) is 15.8 Å². The molecular formula is C24H16ClFN2O5. The van der Waals surface area contributed by atoms with Crippen molar-refractivity contribution < 1.29 is 28.3 Å². The van der Waals surface area contributed by atoms with Crippen molar-refractivity contribution in [2.24, 2.45) is 0 Å². The number of benzene rings is 3. The van der Waals surface area contributed by atoms with Gasteiger partial charge in [-0.2, -0.15) is 0 Å². The summed E-state index contributed by atoms with van der Waals surface area (Å²) in [5.41, 5.74) is 1.19. The molecule has 1 aliphatic rings. The lowest BCUT2D eigenvalue weighted by Crippen LogP contribution is -2.29. The number of carbonyl (C=O) groups is 4. The van der Waals surface area contributed by atoms with Crippen LogP contribution in [0.2, 0.25) is 5.02 Å². The lowest BCUT2D eigenvalue weighted by atomic mass is 10.1. The number of rotatable bonds is 5. The van der Waals surface area contributed by atoms with E-state index in [-0.39, 0.29) is 22.4 Å². The molecule has 3 aromatic rings. The summed E-state index contributed by atoms with van der Waals surface area (Å²) >= 11 is 5.86. The van der Waals surface area contributed by atoms with Crippen LogP contribution in [0.25, 0.3) is 0 Å². The van der Waals surface area contributed by atoms with E-state index in [0.29, 0.717) is 16.3 Å². The van der Waals surface area contributed by atoms with Gasteiger partial charge in [-0.15, -0.1) is 0 Å². The highest BCUT2D eigenvalue weighted by molar-refractivity contribution is 6.35. The largest absolute Gasteiger partial charge is 0.452 e. The Kier molecular flexibility index (Phi) is 5.93. The van der Waals surface area contributed by atoms with Crippen LogP contribution in [0.1, 0.15) is 36.6 Å². The van der Waals surface area contributed by atoms with Crippen molar-refractivity contribution in [3.63, 3.8) is 0 Å². The van der Waals surface area contributed by atoms with Crippen LogP contribution in [-0.2, 0) is 9.53 Å². The normalized spacial score (nSPS) is 12.5. The Hall–Kier alpha value is -4.04. The first-order valence-corrected chi connectivity index (χ1v) is 10.1. The summed E-state index contributed by atoms with van der Waals surface area (Å²) in [5, 5.41) is 2.88. The predicted octanol–water partition coefficient (Wildman–Crippen LogP) is 4.38. The Morgan fingerprint density at radius 1 is 0.970 bits per heavy atom. The van der Waals surface area contributed by atoms with Gasteiger partial charge in [0.1, 0.15) is 5.82 Å². The summed E-state index contributed by atoms with van der Waals surface area (Å²) in [6.45, 7) is 0.974. The molecule has 0 atom stereocenters. The molecule has 1 heterocycles. The minimum absolute atomic E-state index is 0.00189. The van der Waals surface area contributed by atoms with Gasteiger partial charge in [-0.25, -0.2) is 14.1 Å². The lowest BCUT2D eigenvalue weighted by molar-refractivity contribution is -0.119. The molecule has 0 bridgehead atoms. The molecule has 9 heteroatoms. The van der Waals surface area contributed by atoms with Gasteiger partial charge in [0.15, 0.2) is 6.61 Å². The summed E-state index contributed by atoms with van der Waals surface area (Å²) in [6.07, 6.45) is 0. The van der Waals surface area contributed by atoms with Crippen molar-refractivity contribution in [3.8, 4) is 0 Å². The predicted molar refractivity (Wildman–Crippen MR) is 119 cm³/mol. The smallest absolute Gasteiger partial charge is 0.338 e. The number of hydrogen-bond donors (Lipinski definition) is 1. The van der Waals surface area contributed by atoms with Gasteiger partial charge in [-0.3, -0.25) is 14.4 Å². The maximum absolute atomic E-state index is 13.6. The van der Waals surface area contributed by atoms with Crippen LogP contribution >= 0.6 is 11.6 Å². The number of fused-ring (bicyclic) bond motifs is 1. The number of amides is 3. The van der Waals surface area contributed by atoms with Crippen LogP contribution in [0.3, 0.4) is 0 Å². The van der Waals surface area contributed by atoms with Gasteiger partial charge in [0.05, 0.1) is 22.4 Å². The third-order valence-corrected chi connectivity index (χ3v) is 5.25. The van der Waals surface area contributed by atoms with E-state index in [1.165, 1.54) is 42.5 Å². The Labute approximate surface area is 192 Å². The first-order chi connectivity index (χ1) is 15.7. The SMILES string of the molecule is Cc1ccc(NC(=O)COC(=O)c2ccc3c(c2)C(=O)N(c2ccc(Cl)cc2)C3=O)cc1F. The molecule has 3 aromatic carbocycles. The number of nitrogens with zero attached hydrogens (tertiary/aromatic N) is 1. The zero-order valence-electron chi connectivity index (χ0n) is 17.2. The van der Waals surface area contributed by atoms with E-state index < -0.39 is 36.1 Å². The van der Waals surface area contributed by atoms with Crippen molar-refractivity contribution in [2.75, 3.05) is 16.8 Å². The monoisotopic (exact) mass is 466 g/mol. The Balaban J connectivity index is 1.44. The molecular weight excluding hydrogens is 451 g/mol. The van der Waals surface area contributed by atoms with Crippen LogP contribution in [0, 0.1) is 12.7 Å². The fourth-order valence-corrected chi connectivity index (χ4v) is 3.40. The van der Waals surface area contributed by atoms with Crippen LogP contribution in [-0.4, -0.2) is 30.3 Å². The number of imide groups is 1. The number of anilines is 2. The van der Waals surface area contributed by atoms with Crippen molar-refractivity contribution in [3.05, 3.63) is 93.8 Å². The van der Waals surface area contributed by atoms with Crippen molar-refractivity contribution >= 4 is 46.7 Å². The summed E-state index contributed by atoms with van der Waals surface area (Å²) in [7, 11) is 0. The molecule has 0 saturated carbocycles. The maximum Gasteiger partial charge on any atom is 0.338 e. The Bertz CT molecular complexity index is 1310. The number of halogens is 2. The zero-order chi connectivity index (χ0) is 23.7. The average molecular weight is 467 g/mol. The number of ether oxygens (including phenoxy) is 1. The number of carbonyl (C=O) groups excluding carboxylic acids is 4. The summed E-state index contributed by atoms with van der Waals surface area (Å²) in [5.74, 6) is -3.11. The maximum atomic E-state index is 13.6. The molecule has 0 spiro atoms. The molecule has 3 amide bonds. The van der Waals surface area contributed by atoms with E-state index >= 15 is 0 Å². The van der Waals surface area contributed by atoms with Gasteiger partial charge in [0, 0.05) is 10.7 Å². The highest BCUT2D eigenvalue weighted by atomic mass is 35.5. The highest BCUT2D eigenvalue weighted by Gasteiger charge is 2.37. The quantitative estimate of drug-likeness (QED) is 0.445. The first-order valence-electron chi connectivity index (χ1n) is 9.76. The topological polar surface area (TPSA) is 92.8 Å². The summed E-state index contributed by atoms with van der Waals surface area (Å²) in [4.78, 5) is 50.9. The average Bonchev–Trinajstić information content (AvgIpc) is 3.05. The van der Waals surface area contributed by atoms with E-state index in [0.717, 1.165) is 11.0 Å². The molecule has 1 N–H and O–H groups in total. The van der Waals surface area contributed by atoms with Gasteiger partial charge in [0.2, 0.25) is 0 Å². The fourth-order valence-electron chi connectivity index (χ4n) is 3.27. The second kappa shape index (κ2) is 8.84.